The summed E-state index contributed by atoms with van der Waals surface area (Å²) < 4.78 is 5.68. The van der Waals surface area contributed by atoms with Crippen LogP contribution in [0.5, 0.6) is 0 Å². The van der Waals surface area contributed by atoms with E-state index in [0.717, 1.165) is 19.7 Å². The SMILES string of the molecule is CN(CCOCc1ccccc1)C1(CN)CC1. The van der Waals surface area contributed by atoms with E-state index in [1.54, 1.807) is 0 Å². The first-order valence-electron chi connectivity index (χ1n) is 6.30. The van der Waals surface area contributed by atoms with Crippen LogP contribution in [-0.2, 0) is 11.3 Å². The van der Waals surface area contributed by atoms with Gasteiger partial charge in [0.2, 0.25) is 0 Å². The second kappa shape index (κ2) is 5.63. The van der Waals surface area contributed by atoms with Crippen molar-refractivity contribution in [3.63, 3.8) is 0 Å². The van der Waals surface area contributed by atoms with E-state index >= 15 is 0 Å². The lowest BCUT2D eigenvalue weighted by molar-refractivity contribution is 0.0844. The van der Waals surface area contributed by atoms with Crippen molar-refractivity contribution in [1.29, 1.82) is 0 Å². The molecular formula is C14H22N2O. The molecule has 1 aromatic rings. The summed E-state index contributed by atoms with van der Waals surface area (Å²) in [4.78, 5) is 2.35. The molecule has 0 unspecified atom stereocenters. The van der Waals surface area contributed by atoms with Crippen LogP contribution in [-0.4, -0.2) is 37.2 Å². The molecule has 2 N–H and O–H groups in total. The molecule has 0 saturated heterocycles. The number of nitrogens with two attached hydrogens (primary N) is 1. The van der Waals surface area contributed by atoms with Gasteiger partial charge in [0.1, 0.15) is 0 Å². The molecule has 0 atom stereocenters. The normalized spacial score (nSPS) is 17.4. The topological polar surface area (TPSA) is 38.5 Å². The standard InChI is InChI=1S/C14H22N2O/c1-16(14(12-15)7-8-14)9-10-17-11-13-5-3-2-4-6-13/h2-6H,7-12,15H2,1H3. The van der Waals surface area contributed by atoms with Crippen LogP contribution in [0.1, 0.15) is 18.4 Å². The molecule has 2 rings (SSSR count). The van der Waals surface area contributed by atoms with Crippen molar-refractivity contribution < 1.29 is 4.74 Å². The summed E-state index contributed by atoms with van der Waals surface area (Å²) in [6, 6.07) is 10.3. The minimum Gasteiger partial charge on any atom is -0.375 e. The van der Waals surface area contributed by atoms with E-state index in [9.17, 15) is 0 Å². The Morgan fingerprint density at radius 2 is 2.00 bits per heavy atom. The molecular weight excluding hydrogens is 212 g/mol. The minimum absolute atomic E-state index is 0.288. The summed E-state index contributed by atoms with van der Waals surface area (Å²) in [5.41, 5.74) is 7.30. The van der Waals surface area contributed by atoms with Crippen LogP contribution in [0, 0.1) is 0 Å². The highest BCUT2D eigenvalue weighted by Gasteiger charge is 2.44. The van der Waals surface area contributed by atoms with E-state index in [0.29, 0.717) is 6.61 Å². The van der Waals surface area contributed by atoms with Gasteiger partial charge in [0, 0.05) is 18.6 Å². The minimum atomic E-state index is 0.288. The highest BCUT2D eigenvalue weighted by molar-refractivity contribution is 5.13. The van der Waals surface area contributed by atoms with Crippen LogP contribution in [0.15, 0.2) is 30.3 Å². The molecule has 0 heterocycles. The molecule has 17 heavy (non-hydrogen) atoms. The fourth-order valence-corrected chi connectivity index (χ4v) is 2.09. The van der Waals surface area contributed by atoms with Gasteiger partial charge in [0.25, 0.3) is 0 Å². The highest BCUT2D eigenvalue weighted by Crippen LogP contribution is 2.39. The third kappa shape index (κ3) is 3.28. The van der Waals surface area contributed by atoms with Crippen LogP contribution < -0.4 is 5.73 Å². The lowest BCUT2D eigenvalue weighted by Gasteiger charge is -2.26. The van der Waals surface area contributed by atoms with Crippen molar-refractivity contribution in [2.24, 2.45) is 5.73 Å². The molecule has 0 aromatic heterocycles. The second-order valence-corrected chi connectivity index (χ2v) is 4.89. The zero-order valence-corrected chi connectivity index (χ0v) is 10.6. The number of hydrogen-bond donors (Lipinski definition) is 1. The molecule has 0 radical (unpaired) electrons. The number of rotatable bonds is 7. The van der Waals surface area contributed by atoms with Crippen molar-refractivity contribution >= 4 is 0 Å². The molecule has 3 nitrogen and oxygen atoms in total. The quantitative estimate of drug-likeness (QED) is 0.729. The molecule has 1 aliphatic carbocycles. The summed E-state index contributed by atoms with van der Waals surface area (Å²) in [6.45, 7) is 3.20. The van der Waals surface area contributed by atoms with Gasteiger partial charge < -0.3 is 10.5 Å². The second-order valence-electron chi connectivity index (χ2n) is 4.89. The van der Waals surface area contributed by atoms with Gasteiger partial charge in [-0.3, -0.25) is 4.90 Å². The number of hydrogen-bond acceptors (Lipinski definition) is 3. The maximum Gasteiger partial charge on any atom is 0.0717 e. The molecule has 0 aliphatic heterocycles. The molecule has 0 amide bonds. The molecule has 1 aliphatic rings. The molecule has 0 bridgehead atoms. The molecule has 94 valence electrons. The lowest BCUT2D eigenvalue weighted by Crippen LogP contribution is -2.41. The summed E-state index contributed by atoms with van der Waals surface area (Å²) >= 11 is 0. The van der Waals surface area contributed by atoms with Crippen molar-refractivity contribution in [1.82, 2.24) is 4.90 Å². The van der Waals surface area contributed by atoms with E-state index in [4.69, 9.17) is 10.5 Å². The Morgan fingerprint density at radius 1 is 1.29 bits per heavy atom. The number of ether oxygens (including phenoxy) is 1. The largest absolute Gasteiger partial charge is 0.375 e. The van der Waals surface area contributed by atoms with Crippen LogP contribution >= 0.6 is 0 Å². The van der Waals surface area contributed by atoms with Crippen molar-refractivity contribution in [2.75, 3.05) is 26.7 Å². The predicted octanol–water partition coefficient (Wildman–Crippen LogP) is 1.63. The molecule has 1 fully saturated rings. The Morgan fingerprint density at radius 3 is 2.59 bits per heavy atom. The average molecular weight is 234 g/mol. The number of benzene rings is 1. The smallest absolute Gasteiger partial charge is 0.0717 e. The molecule has 3 heteroatoms. The Bertz CT molecular complexity index is 335. The monoisotopic (exact) mass is 234 g/mol. The van der Waals surface area contributed by atoms with Gasteiger partial charge in [0.15, 0.2) is 0 Å². The Balaban J connectivity index is 1.64. The van der Waals surface area contributed by atoms with Crippen molar-refractivity contribution in [3.8, 4) is 0 Å². The van der Waals surface area contributed by atoms with E-state index in [1.165, 1.54) is 18.4 Å². The fraction of sp³-hybridized carbons (Fsp3) is 0.571. The Labute approximate surface area is 104 Å². The highest BCUT2D eigenvalue weighted by atomic mass is 16.5. The van der Waals surface area contributed by atoms with E-state index < -0.39 is 0 Å². The van der Waals surface area contributed by atoms with Gasteiger partial charge in [-0.25, -0.2) is 0 Å². The molecule has 1 saturated carbocycles. The maximum absolute atomic E-state index is 5.78. The zero-order valence-electron chi connectivity index (χ0n) is 10.6. The first kappa shape index (κ1) is 12.6. The average Bonchev–Trinajstić information content (AvgIpc) is 3.17. The van der Waals surface area contributed by atoms with Crippen molar-refractivity contribution in [2.45, 2.75) is 25.0 Å². The van der Waals surface area contributed by atoms with E-state index in [1.807, 2.05) is 18.2 Å². The van der Waals surface area contributed by atoms with Gasteiger partial charge >= 0.3 is 0 Å². The number of likely N-dealkylation sites (N-methyl/N-ethyl adjacent to an activating group) is 1. The van der Waals surface area contributed by atoms with Gasteiger partial charge in [-0.1, -0.05) is 30.3 Å². The van der Waals surface area contributed by atoms with Crippen molar-refractivity contribution in [3.05, 3.63) is 35.9 Å². The van der Waals surface area contributed by atoms with Gasteiger partial charge in [0.05, 0.1) is 13.2 Å². The number of nitrogens with zero attached hydrogens (tertiary/aromatic N) is 1. The van der Waals surface area contributed by atoms with E-state index in [-0.39, 0.29) is 5.54 Å². The third-order valence-electron chi connectivity index (χ3n) is 3.70. The van der Waals surface area contributed by atoms with Gasteiger partial charge in [-0.15, -0.1) is 0 Å². The summed E-state index contributed by atoms with van der Waals surface area (Å²) in [5.74, 6) is 0. The summed E-state index contributed by atoms with van der Waals surface area (Å²) in [5, 5.41) is 0. The third-order valence-corrected chi connectivity index (χ3v) is 3.70. The molecule has 0 spiro atoms. The fourth-order valence-electron chi connectivity index (χ4n) is 2.09. The Kier molecular flexibility index (Phi) is 4.15. The zero-order chi connectivity index (χ0) is 12.1. The first-order valence-corrected chi connectivity index (χ1v) is 6.30. The van der Waals surface area contributed by atoms with Crippen LogP contribution in [0.4, 0.5) is 0 Å². The first-order chi connectivity index (χ1) is 8.27. The molecule has 1 aromatic carbocycles. The maximum atomic E-state index is 5.78. The summed E-state index contributed by atoms with van der Waals surface area (Å²) in [6.07, 6.45) is 2.47. The predicted molar refractivity (Wildman–Crippen MR) is 69.7 cm³/mol. The Hall–Kier alpha value is -0.900. The summed E-state index contributed by atoms with van der Waals surface area (Å²) in [7, 11) is 2.14. The van der Waals surface area contributed by atoms with Crippen LogP contribution in [0.3, 0.4) is 0 Å². The van der Waals surface area contributed by atoms with Crippen LogP contribution in [0.25, 0.3) is 0 Å². The van der Waals surface area contributed by atoms with Gasteiger partial charge in [-0.2, -0.15) is 0 Å². The van der Waals surface area contributed by atoms with Gasteiger partial charge in [-0.05, 0) is 25.5 Å². The van der Waals surface area contributed by atoms with Crippen LogP contribution in [0.2, 0.25) is 0 Å². The van der Waals surface area contributed by atoms with E-state index in [2.05, 4.69) is 24.1 Å². The lowest BCUT2D eigenvalue weighted by atomic mass is 10.2.